The molecule has 0 aliphatic heterocycles. The lowest BCUT2D eigenvalue weighted by atomic mass is 10.2. The number of para-hydroxylation sites is 1. The van der Waals surface area contributed by atoms with Crippen molar-refractivity contribution in [3.05, 3.63) is 36.1 Å². The van der Waals surface area contributed by atoms with Crippen LogP contribution in [0.1, 0.15) is 10.6 Å². The number of hydrogen-bond acceptors (Lipinski definition) is 3. The van der Waals surface area contributed by atoms with Gasteiger partial charge in [-0.15, -0.1) is 0 Å². The molecular weight excluding hydrogens is 192 g/mol. The summed E-state index contributed by atoms with van der Waals surface area (Å²) in [5.41, 5.74) is 6.00. The van der Waals surface area contributed by atoms with Gasteiger partial charge in [0.05, 0.1) is 0 Å². The standard InChI is InChI=1S/C11H12N2O2/c12-5-6-13-11(14)10-7-8-3-1-2-4-9(8)15-10/h1-4,7H,5-6,12H2,(H,13,14). The molecule has 0 saturated heterocycles. The number of hydrogen-bond donors (Lipinski definition) is 2. The highest BCUT2D eigenvalue weighted by Gasteiger charge is 2.10. The molecule has 1 aromatic heterocycles. The van der Waals surface area contributed by atoms with Crippen molar-refractivity contribution >= 4 is 16.9 Å². The van der Waals surface area contributed by atoms with Crippen LogP contribution >= 0.6 is 0 Å². The molecule has 2 rings (SSSR count). The van der Waals surface area contributed by atoms with Gasteiger partial charge >= 0.3 is 0 Å². The van der Waals surface area contributed by atoms with Crippen molar-refractivity contribution in [2.75, 3.05) is 13.1 Å². The molecule has 0 aliphatic rings. The highest BCUT2D eigenvalue weighted by Crippen LogP contribution is 2.18. The third-order valence-electron chi connectivity index (χ3n) is 2.08. The summed E-state index contributed by atoms with van der Waals surface area (Å²) >= 11 is 0. The summed E-state index contributed by atoms with van der Waals surface area (Å²) < 4.78 is 5.37. The number of carbonyl (C=O) groups is 1. The molecule has 4 nitrogen and oxygen atoms in total. The van der Waals surface area contributed by atoms with Crippen LogP contribution < -0.4 is 11.1 Å². The van der Waals surface area contributed by atoms with Crippen LogP contribution in [0.25, 0.3) is 11.0 Å². The van der Waals surface area contributed by atoms with Crippen molar-refractivity contribution in [2.45, 2.75) is 0 Å². The normalized spacial score (nSPS) is 10.5. The average molecular weight is 204 g/mol. The minimum atomic E-state index is -0.225. The third-order valence-corrected chi connectivity index (χ3v) is 2.08. The topological polar surface area (TPSA) is 68.3 Å². The molecular formula is C11H12N2O2. The predicted molar refractivity (Wildman–Crippen MR) is 57.6 cm³/mol. The highest BCUT2D eigenvalue weighted by molar-refractivity contribution is 5.95. The van der Waals surface area contributed by atoms with Crippen molar-refractivity contribution in [1.82, 2.24) is 5.32 Å². The van der Waals surface area contributed by atoms with Crippen molar-refractivity contribution in [1.29, 1.82) is 0 Å². The molecule has 0 radical (unpaired) electrons. The van der Waals surface area contributed by atoms with E-state index in [2.05, 4.69) is 5.32 Å². The lowest BCUT2D eigenvalue weighted by molar-refractivity contribution is 0.0929. The SMILES string of the molecule is NCCNC(=O)c1cc2ccccc2o1. The van der Waals surface area contributed by atoms with Gasteiger partial charge in [-0.1, -0.05) is 18.2 Å². The molecule has 1 heterocycles. The molecule has 0 spiro atoms. The van der Waals surface area contributed by atoms with Gasteiger partial charge < -0.3 is 15.5 Å². The van der Waals surface area contributed by atoms with Crippen LogP contribution in [-0.4, -0.2) is 19.0 Å². The van der Waals surface area contributed by atoms with Gasteiger partial charge in [-0.3, -0.25) is 4.79 Å². The minimum Gasteiger partial charge on any atom is -0.451 e. The molecule has 4 heteroatoms. The Balaban J connectivity index is 2.25. The third kappa shape index (κ3) is 1.99. The lowest BCUT2D eigenvalue weighted by Gasteiger charge is -1.98. The Hall–Kier alpha value is -1.81. The number of nitrogens with two attached hydrogens (primary N) is 1. The summed E-state index contributed by atoms with van der Waals surface area (Å²) in [6.07, 6.45) is 0. The molecule has 1 aromatic carbocycles. The van der Waals surface area contributed by atoms with E-state index in [1.165, 1.54) is 0 Å². The Labute approximate surface area is 87.1 Å². The first-order valence-corrected chi connectivity index (χ1v) is 4.78. The molecule has 3 N–H and O–H groups in total. The second-order valence-corrected chi connectivity index (χ2v) is 3.19. The number of amides is 1. The molecule has 2 aromatic rings. The van der Waals surface area contributed by atoms with Gasteiger partial charge in [0.2, 0.25) is 0 Å². The molecule has 0 bridgehead atoms. The maximum atomic E-state index is 11.5. The largest absolute Gasteiger partial charge is 0.451 e. The van der Waals surface area contributed by atoms with Crippen molar-refractivity contribution < 1.29 is 9.21 Å². The van der Waals surface area contributed by atoms with E-state index in [-0.39, 0.29) is 5.91 Å². The van der Waals surface area contributed by atoms with E-state index in [4.69, 9.17) is 10.2 Å². The number of carbonyl (C=O) groups excluding carboxylic acids is 1. The van der Waals surface area contributed by atoms with Crippen LogP contribution in [0.15, 0.2) is 34.7 Å². The van der Waals surface area contributed by atoms with E-state index < -0.39 is 0 Å². The monoisotopic (exact) mass is 204 g/mol. The molecule has 0 aliphatic carbocycles. The molecule has 0 fully saturated rings. The van der Waals surface area contributed by atoms with Crippen LogP contribution in [0.2, 0.25) is 0 Å². The second kappa shape index (κ2) is 4.14. The first kappa shape index (κ1) is 9.73. The summed E-state index contributed by atoms with van der Waals surface area (Å²) in [5, 5.41) is 3.58. The van der Waals surface area contributed by atoms with E-state index in [1.807, 2.05) is 24.3 Å². The van der Waals surface area contributed by atoms with Crippen molar-refractivity contribution in [2.24, 2.45) is 5.73 Å². The van der Waals surface area contributed by atoms with Crippen LogP contribution in [0.5, 0.6) is 0 Å². The Kier molecular flexibility index (Phi) is 2.69. The van der Waals surface area contributed by atoms with Crippen molar-refractivity contribution in [3.8, 4) is 0 Å². The van der Waals surface area contributed by atoms with E-state index in [0.717, 1.165) is 11.0 Å². The van der Waals surface area contributed by atoms with Gasteiger partial charge in [0.25, 0.3) is 5.91 Å². The Morgan fingerprint density at radius 3 is 2.93 bits per heavy atom. The summed E-state index contributed by atoms with van der Waals surface area (Å²) in [6.45, 7) is 0.877. The quantitative estimate of drug-likeness (QED) is 0.787. The van der Waals surface area contributed by atoms with Crippen molar-refractivity contribution in [3.63, 3.8) is 0 Å². The molecule has 0 unspecified atom stereocenters. The average Bonchev–Trinajstić information content (AvgIpc) is 2.69. The fraction of sp³-hybridized carbons (Fsp3) is 0.182. The first-order valence-electron chi connectivity index (χ1n) is 4.78. The Morgan fingerprint density at radius 1 is 1.40 bits per heavy atom. The summed E-state index contributed by atoms with van der Waals surface area (Å²) in [4.78, 5) is 11.5. The summed E-state index contributed by atoms with van der Waals surface area (Å²) in [6, 6.07) is 9.22. The summed E-state index contributed by atoms with van der Waals surface area (Å²) in [7, 11) is 0. The zero-order valence-electron chi connectivity index (χ0n) is 8.19. The number of rotatable bonds is 3. The van der Waals surface area contributed by atoms with Gasteiger partial charge in [-0.05, 0) is 12.1 Å². The smallest absolute Gasteiger partial charge is 0.287 e. The van der Waals surface area contributed by atoms with Gasteiger partial charge in [-0.25, -0.2) is 0 Å². The number of nitrogens with one attached hydrogen (secondary N) is 1. The van der Waals surface area contributed by atoms with E-state index >= 15 is 0 Å². The van der Waals surface area contributed by atoms with Gasteiger partial charge in [0, 0.05) is 18.5 Å². The Bertz CT molecular complexity index is 443. The number of furan rings is 1. The zero-order chi connectivity index (χ0) is 10.7. The van der Waals surface area contributed by atoms with Gasteiger partial charge in [0.15, 0.2) is 5.76 Å². The number of benzene rings is 1. The second-order valence-electron chi connectivity index (χ2n) is 3.19. The van der Waals surface area contributed by atoms with E-state index in [0.29, 0.717) is 18.8 Å². The maximum absolute atomic E-state index is 11.5. The molecule has 1 amide bonds. The van der Waals surface area contributed by atoms with Crippen LogP contribution in [0.4, 0.5) is 0 Å². The van der Waals surface area contributed by atoms with Crippen LogP contribution in [-0.2, 0) is 0 Å². The first-order chi connectivity index (χ1) is 7.31. The fourth-order valence-corrected chi connectivity index (χ4v) is 1.37. The minimum absolute atomic E-state index is 0.225. The molecule has 0 atom stereocenters. The predicted octanol–water partition coefficient (Wildman–Crippen LogP) is 1.12. The lowest BCUT2D eigenvalue weighted by Crippen LogP contribution is -2.28. The zero-order valence-corrected chi connectivity index (χ0v) is 8.19. The van der Waals surface area contributed by atoms with Crippen LogP contribution in [0, 0.1) is 0 Å². The number of fused-ring (bicyclic) bond motifs is 1. The highest BCUT2D eigenvalue weighted by atomic mass is 16.3. The Morgan fingerprint density at radius 2 is 2.20 bits per heavy atom. The molecule has 0 saturated carbocycles. The molecule has 15 heavy (non-hydrogen) atoms. The maximum Gasteiger partial charge on any atom is 0.287 e. The van der Waals surface area contributed by atoms with E-state index in [1.54, 1.807) is 6.07 Å². The fourth-order valence-electron chi connectivity index (χ4n) is 1.37. The molecule has 78 valence electrons. The van der Waals surface area contributed by atoms with Gasteiger partial charge in [0.1, 0.15) is 5.58 Å². The van der Waals surface area contributed by atoms with Gasteiger partial charge in [-0.2, -0.15) is 0 Å². The van der Waals surface area contributed by atoms with E-state index in [9.17, 15) is 4.79 Å². The van der Waals surface area contributed by atoms with Crippen LogP contribution in [0.3, 0.4) is 0 Å². The summed E-state index contributed by atoms with van der Waals surface area (Å²) in [5.74, 6) is 0.0984.